The van der Waals surface area contributed by atoms with E-state index in [0.29, 0.717) is 5.46 Å². The summed E-state index contributed by atoms with van der Waals surface area (Å²) in [7, 11) is -1.37. The topological polar surface area (TPSA) is 43.7 Å². The van der Waals surface area contributed by atoms with Gasteiger partial charge in [-0.1, -0.05) is 11.6 Å². The zero-order chi connectivity index (χ0) is 10.8. The molecule has 1 aromatic rings. The van der Waals surface area contributed by atoms with Crippen molar-refractivity contribution in [2.45, 2.75) is 19.8 Å². The molecule has 1 heterocycles. The van der Waals surface area contributed by atoms with E-state index < -0.39 is 7.12 Å². The molecule has 1 aliphatic heterocycles. The largest absolute Gasteiger partial charge is 0.488 e. The lowest BCUT2D eigenvalue weighted by molar-refractivity contribution is 0.425. The van der Waals surface area contributed by atoms with Crippen molar-refractivity contribution >= 4 is 18.3 Å². The monoisotopic (exact) mass is 205 g/mol. The predicted octanol–water partition coefficient (Wildman–Crippen LogP) is 0.275. The fourth-order valence-electron chi connectivity index (χ4n) is 2.08. The van der Waals surface area contributed by atoms with Crippen LogP contribution in [-0.4, -0.2) is 30.3 Å². The van der Waals surface area contributed by atoms with Crippen LogP contribution < -0.4 is 10.4 Å². The average molecular weight is 205 g/mol. The normalized spacial score (nSPS) is 15.8. The molecule has 4 heteroatoms. The van der Waals surface area contributed by atoms with Crippen LogP contribution in [0.25, 0.3) is 0 Å². The zero-order valence-electron chi connectivity index (χ0n) is 8.98. The molecule has 3 nitrogen and oxygen atoms in total. The molecule has 80 valence electrons. The molecule has 1 saturated heterocycles. The second kappa shape index (κ2) is 4.25. The Morgan fingerprint density at radius 1 is 1.20 bits per heavy atom. The molecule has 1 fully saturated rings. The smallest absolute Gasteiger partial charge is 0.423 e. The lowest BCUT2D eigenvalue weighted by Gasteiger charge is -2.19. The minimum atomic E-state index is -1.37. The Balaban J connectivity index is 2.29. The van der Waals surface area contributed by atoms with Crippen LogP contribution in [-0.2, 0) is 0 Å². The Labute approximate surface area is 90.5 Å². The summed E-state index contributed by atoms with van der Waals surface area (Å²) in [5.41, 5.74) is 2.63. The van der Waals surface area contributed by atoms with Gasteiger partial charge < -0.3 is 14.9 Å². The molecule has 15 heavy (non-hydrogen) atoms. The summed E-state index contributed by atoms with van der Waals surface area (Å²) in [5.74, 6) is 0. The van der Waals surface area contributed by atoms with Crippen molar-refractivity contribution in [2.75, 3.05) is 18.0 Å². The van der Waals surface area contributed by atoms with Crippen LogP contribution in [0, 0.1) is 6.92 Å². The summed E-state index contributed by atoms with van der Waals surface area (Å²) in [5, 5.41) is 18.4. The summed E-state index contributed by atoms with van der Waals surface area (Å²) in [6.45, 7) is 4.04. The van der Waals surface area contributed by atoms with Gasteiger partial charge in [0.05, 0.1) is 0 Å². The van der Waals surface area contributed by atoms with Gasteiger partial charge in [0.15, 0.2) is 0 Å². The van der Waals surface area contributed by atoms with E-state index in [1.54, 1.807) is 0 Å². The minimum absolute atomic E-state index is 0.611. The fraction of sp³-hybridized carbons (Fsp3) is 0.455. The van der Waals surface area contributed by atoms with Crippen molar-refractivity contribution in [2.24, 2.45) is 0 Å². The Morgan fingerprint density at radius 2 is 1.87 bits per heavy atom. The number of nitrogens with zero attached hydrogens (tertiary/aromatic N) is 1. The van der Waals surface area contributed by atoms with Crippen LogP contribution in [0.3, 0.4) is 0 Å². The highest BCUT2D eigenvalue weighted by Gasteiger charge is 2.17. The zero-order valence-corrected chi connectivity index (χ0v) is 8.98. The number of rotatable bonds is 2. The Bertz CT molecular complexity index is 348. The van der Waals surface area contributed by atoms with Crippen molar-refractivity contribution in [3.63, 3.8) is 0 Å². The Kier molecular flexibility index (Phi) is 2.98. The first-order chi connectivity index (χ1) is 7.18. The third-order valence-corrected chi connectivity index (χ3v) is 3.01. The third-order valence-electron chi connectivity index (χ3n) is 3.01. The number of anilines is 1. The third kappa shape index (κ3) is 2.16. The Hall–Kier alpha value is -0.995. The predicted molar refractivity (Wildman–Crippen MR) is 62.5 cm³/mol. The number of hydrogen-bond acceptors (Lipinski definition) is 3. The van der Waals surface area contributed by atoms with E-state index in [0.717, 1.165) is 24.3 Å². The fourth-order valence-corrected chi connectivity index (χ4v) is 2.08. The van der Waals surface area contributed by atoms with Crippen LogP contribution in [0.1, 0.15) is 18.4 Å². The van der Waals surface area contributed by atoms with Gasteiger partial charge in [0.25, 0.3) is 0 Å². The second-order valence-electron chi connectivity index (χ2n) is 4.11. The first-order valence-electron chi connectivity index (χ1n) is 5.40. The quantitative estimate of drug-likeness (QED) is 0.681. The van der Waals surface area contributed by atoms with Gasteiger partial charge in [0.1, 0.15) is 0 Å². The van der Waals surface area contributed by atoms with Crippen molar-refractivity contribution in [3.8, 4) is 0 Å². The van der Waals surface area contributed by atoms with Gasteiger partial charge in [-0.05, 0) is 37.4 Å². The van der Waals surface area contributed by atoms with Gasteiger partial charge in [-0.2, -0.15) is 0 Å². The summed E-state index contributed by atoms with van der Waals surface area (Å²) in [6, 6.07) is 5.88. The molecule has 1 aromatic carbocycles. The summed E-state index contributed by atoms with van der Waals surface area (Å²) in [6.07, 6.45) is 2.45. The molecule has 0 bridgehead atoms. The molecule has 0 spiro atoms. The average Bonchev–Trinajstić information content (AvgIpc) is 2.71. The van der Waals surface area contributed by atoms with E-state index in [9.17, 15) is 10.0 Å². The lowest BCUT2D eigenvalue weighted by Crippen LogP contribution is -2.33. The molecule has 0 atom stereocenters. The molecule has 0 saturated carbocycles. The maximum atomic E-state index is 9.21. The van der Waals surface area contributed by atoms with Crippen molar-refractivity contribution in [3.05, 3.63) is 23.8 Å². The van der Waals surface area contributed by atoms with E-state index in [1.165, 1.54) is 12.8 Å². The highest BCUT2D eigenvalue weighted by Crippen LogP contribution is 2.19. The lowest BCUT2D eigenvalue weighted by atomic mass is 9.77. The molecular formula is C11H16BNO2. The summed E-state index contributed by atoms with van der Waals surface area (Å²) >= 11 is 0. The van der Waals surface area contributed by atoms with E-state index >= 15 is 0 Å². The highest BCUT2D eigenvalue weighted by atomic mass is 16.4. The van der Waals surface area contributed by atoms with Crippen molar-refractivity contribution < 1.29 is 10.0 Å². The first kappa shape index (κ1) is 10.5. The first-order valence-corrected chi connectivity index (χ1v) is 5.40. The second-order valence-corrected chi connectivity index (χ2v) is 4.11. The van der Waals surface area contributed by atoms with E-state index in [1.807, 2.05) is 25.1 Å². The maximum absolute atomic E-state index is 9.21. The van der Waals surface area contributed by atoms with Crippen LogP contribution >= 0.6 is 0 Å². The van der Waals surface area contributed by atoms with E-state index in [2.05, 4.69) is 4.90 Å². The van der Waals surface area contributed by atoms with Crippen LogP contribution in [0.5, 0.6) is 0 Å². The summed E-state index contributed by atoms with van der Waals surface area (Å²) < 4.78 is 0. The van der Waals surface area contributed by atoms with Gasteiger partial charge in [0, 0.05) is 18.8 Å². The van der Waals surface area contributed by atoms with E-state index in [-0.39, 0.29) is 0 Å². The SMILES string of the molecule is Cc1ccc(N2CCCC2)cc1B(O)O. The van der Waals surface area contributed by atoms with E-state index in [4.69, 9.17) is 0 Å². The van der Waals surface area contributed by atoms with Gasteiger partial charge >= 0.3 is 7.12 Å². The standard InChI is InChI=1S/C11H16BNO2/c1-9-4-5-10(8-11(9)12(14)15)13-6-2-3-7-13/h4-5,8,14-15H,2-3,6-7H2,1H3. The molecule has 0 amide bonds. The molecule has 2 rings (SSSR count). The van der Waals surface area contributed by atoms with Gasteiger partial charge in [-0.3, -0.25) is 0 Å². The number of hydrogen-bond donors (Lipinski definition) is 2. The number of benzene rings is 1. The van der Waals surface area contributed by atoms with Crippen molar-refractivity contribution in [1.82, 2.24) is 0 Å². The van der Waals surface area contributed by atoms with Crippen molar-refractivity contribution in [1.29, 1.82) is 0 Å². The number of aryl methyl sites for hydroxylation is 1. The summed E-state index contributed by atoms with van der Waals surface area (Å²) in [4.78, 5) is 2.28. The van der Waals surface area contributed by atoms with Gasteiger partial charge in [-0.15, -0.1) is 0 Å². The highest BCUT2D eigenvalue weighted by molar-refractivity contribution is 6.59. The van der Waals surface area contributed by atoms with Gasteiger partial charge in [0.2, 0.25) is 0 Å². The van der Waals surface area contributed by atoms with Gasteiger partial charge in [-0.25, -0.2) is 0 Å². The molecular weight excluding hydrogens is 189 g/mol. The van der Waals surface area contributed by atoms with Crippen LogP contribution in [0.2, 0.25) is 0 Å². The molecule has 0 unspecified atom stereocenters. The minimum Gasteiger partial charge on any atom is -0.423 e. The molecule has 0 aromatic heterocycles. The molecule has 0 aliphatic carbocycles. The van der Waals surface area contributed by atoms with Crippen LogP contribution in [0.4, 0.5) is 5.69 Å². The maximum Gasteiger partial charge on any atom is 0.488 e. The molecule has 0 radical (unpaired) electrons. The van der Waals surface area contributed by atoms with Crippen LogP contribution in [0.15, 0.2) is 18.2 Å². The molecule has 1 aliphatic rings. The molecule has 2 N–H and O–H groups in total. The Morgan fingerprint density at radius 3 is 2.47 bits per heavy atom.